The molecule has 2 aromatic heterocycles. The lowest BCUT2D eigenvalue weighted by Gasteiger charge is -2.28. The quantitative estimate of drug-likeness (QED) is 0.0195. The van der Waals surface area contributed by atoms with Gasteiger partial charge in [0.25, 0.3) is 0 Å². The second kappa shape index (κ2) is 73.4. The Labute approximate surface area is 735 Å². The number of hydrogen-bond donors (Lipinski definition) is 0. The molecule has 125 heavy (non-hydrogen) atoms. The Bertz CT molecular complexity index is 3760. The van der Waals surface area contributed by atoms with Gasteiger partial charge in [-0.15, -0.1) is 0 Å². The van der Waals surface area contributed by atoms with E-state index in [9.17, 15) is 81.5 Å². The van der Waals surface area contributed by atoms with Gasteiger partial charge in [0.05, 0.1) is 6.61 Å². The summed E-state index contributed by atoms with van der Waals surface area (Å²) < 4.78 is 68.7. The van der Waals surface area contributed by atoms with E-state index in [-0.39, 0.29) is 154 Å². The highest BCUT2D eigenvalue weighted by molar-refractivity contribution is 6.60. The second-order valence-corrected chi connectivity index (χ2v) is 32.2. The molecular weight excluding hydrogens is 1650 g/mol. The molecule has 0 atom stereocenters. The van der Waals surface area contributed by atoms with Crippen molar-refractivity contribution in [2.45, 2.75) is 323 Å². The van der Waals surface area contributed by atoms with Gasteiger partial charge in [-0.3, -0.25) is 28.8 Å². The van der Waals surface area contributed by atoms with Crippen molar-refractivity contribution < 1.29 is 109 Å². The van der Waals surface area contributed by atoms with Crippen LogP contribution in [-0.2, 0) is 148 Å². The van der Waals surface area contributed by atoms with Crippen molar-refractivity contribution in [3.8, 4) is 0 Å². The lowest BCUT2D eigenvalue weighted by molar-refractivity contribution is -0.149. The second-order valence-electron chi connectivity index (χ2n) is 29.5. The van der Waals surface area contributed by atoms with Gasteiger partial charge in [0.15, 0.2) is 0 Å². The zero-order valence-electron chi connectivity index (χ0n) is 74.7. The number of carbonyl (C=O) groups is 11. The Balaban J connectivity index is 0.00000126. The fourth-order valence-electron chi connectivity index (χ4n) is 13.0. The van der Waals surface area contributed by atoms with Crippen LogP contribution in [0.25, 0.3) is 0 Å². The molecule has 706 valence electrons. The SMILES string of the molecule is C=CC(=O)OCCOC(=O)CCCCCCCn1c(=O)n(CCCCCCCC(=O)CCCC[Si](OCC)(OCC)OCC)c(=O)n(CCCCCCCC(=O)OCCOC(=O)C=C)c1=O.C=CC(=O)OCCOC(=O)CCCCCCCn1c(=O)n(CCCCCCCC(=O)CCOC(=O)C=C)c(=O)n(CCCCCCCC(=O)OCCOC(=O)C=C)c1=O. The van der Waals surface area contributed by atoms with E-state index < -0.39 is 84.7 Å². The molecule has 2 aromatic rings. The van der Waals surface area contributed by atoms with Gasteiger partial charge in [-0.2, -0.15) is 0 Å². The van der Waals surface area contributed by atoms with Crippen LogP contribution in [0.15, 0.2) is 92.0 Å². The van der Waals surface area contributed by atoms with Gasteiger partial charge in [0.1, 0.15) is 64.4 Å². The van der Waals surface area contributed by atoms with Gasteiger partial charge in [-0.25, -0.2) is 80.1 Å². The minimum atomic E-state index is -2.71. The highest BCUT2D eigenvalue weighted by Gasteiger charge is 2.39. The summed E-state index contributed by atoms with van der Waals surface area (Å²) in [6.07, 6.45) is 29.6. The van der Waals surface area contributed by atoms with E-state index in [2.05, 4.69) is 32.9 Å². The number of unbranched alkanes of at least 4 members (excludes halogenated alkanes) is 25. The predicted molar refractivity (Wildman–Crippen MR) is 468 cm³/mol. The monoisotopic (exact) mass is 1790 g/mol. The Morgan fingerprint density at radius 2 is 0.408 bits per heavy atom. The summed E-state index contributed by atoms with van der Waals surface area (Å²) in [5.74, 6) is -4.27. The molecule has 0 saturated heterocycles. The highest BCUT2D eigenvalue weighted by atomic mass is 28.4. The van der Waals surface area contributed by atoms with Crippen molar-refractivity contribution >= 4 is 74.1 Å². The standard InChI is InChI=1S/C47H79N3O15Si.C42H63N3O14/c1-6-41(52)59-35-37-61-43(54)30-21-15-12-18-25-33-49-45(56)48(32-24-17-11-14-20-28-40(51)29-23-27-39-66(63-8-3,64-9-4)65-10-5)46(57)50(47(49)58)34-26-19-13-16-22-31-44(55)62-38-36-60-42(53)7-2;1-4-35(47)55-29-25-34(46)22-16-10-7-13-19-26-43-40(52)44(27-20-14-8-11-17-23-38(50)58-32-30-56-36(48)5-2)42(54)45(41(43)53)28-21-15-9-12-18-24-39(51)59-33-31-57-37(49)6-3/h6-7H,1-2,8-39H2,3-5H3;4-6H,1-3,7-33H2. The number of ether oxygens (including phenoxy) is 9. The Kier molecular flexibility index (Phi) is 66.5. The summed E-state index contributed by atoms with van der Waals surface area (Å²) >= 11 is 0. The van der Waals surface area contributed by atoms with Crippen LogP contribution in [0.5, 0.6) is 0 Å². The molecule has 0 radical (unpaired) electrons. The van der Waals surface area contributed by atoms with E-state index in [0.29, 0.717) is 148 Å². The smallest absolute Gasteiger partial charge is 0.462 e. The van der Waals surface area contributed by atoms with Crippen molar-refractivity contribution in [1.82, 2.24) is 27.4 Å². The molecule has 0 aromatic carbocycles. The fraction of sp³-hybridized carbons (Fsp3) is 0.697. The summed E-state index contributed by atoms with van der Waals surface area (Å²) in [5, 5.41) is 0. The van der Waals surface area contributed by atoms with Crippen molar-refractivity contribution in [2.24, 2.45) is 0 Å². The van der Waals surface area contributed by atoms with E-state index in [1.54, 1.807) is 0 Å². The van der Waals surface area contributed by atoms with Crippen LogP contribution in [0.3, 0.4) is 0 Å². The molecule has 2 rings (SSSR count). The molecule has 2 heterocycles. The first-order valence-electron chi connectivity index (χ1n) is 44.8. The summed E-state index contributed by atoms with van der Waals surface area (Å²) in [6, 6.07) is 0.687. The normalized spacial score (nSPS) is 11.0. The minimum Gasteiger partial charge on any atom is -0.462 e. The summed E-state index contributed by atoms with van der Waals surface area (Å²) in [4.78, 5) is 209. The maximum atomic E-state index is 13.6. The molecule has 36 heteroatoms. The lowest BCUT2D eigenvalue weighted by atomic mass is 10.1. The van der Waals surface area contributed by atoms with Gasteiger partial charge in [0.2, 0.25) is 0 Å². The molecule has 0 bridgehead atoms. The highest BCUT2D eigenvalue weighted by Crippen LogP contribution is 2.21. The Hall–Kier alpha value is -9.81. The lowest BCUT2D eigenvalue weighted by Crippen LogP contribution is -2.54. The van der Waals surface area contributed by atoms with Crippen LogP contribution >= 0.6 is 0 Å². The molecule has 0 spiro atoms. The molecule has 0 unspecified atom stereocenters. The first-order chi connectivity index (χ1) is 60.3. The molecule has 0 fully saturated rings. The average molecular weight is 1790 g/mol. The molecule has 0 aliphatic heterocycles. The summed E-state index contributed by atoms with van der Waals surface area (Å²) in [7, 11) is -2.71. The molecule has 35 nitrogen and oxygen atoms in total. The number of hydrogen-bond acceptors (Lipinski definition) is 29. The largest absolute Gasteiger partial charge is 0.500 e. The zero-order valence-corrected chi connectivity index (χ0v) is 75.7. The number of Topliss-reactive ketones (excluding diaryl/α,β-unsaturated/α-hetero) is 2. The minimum absolute atomic E-state index is 0.000439. The van der Waals surface area contributed by atoms with Gasteiger partial charge in [-0.05, 0) is 111 Å². The topological polar surface area (TPSA) is 431 Å². The third kappa shape index (κ3) is 54.6. The maximum Gasteiger partial charge on any atom is 0.500 e. The summed E-state index contributed by atoms with van der Waals surface area (Å²) in [6.45, 7) is 24.4. The molecule has 0 N–H and O–H groups in total. The fourth-order valence-corrected chi connectivity index (χ4v) is 15.7. The zero-order chi connectivity index (χ0) is 92.5. The maximum absolute atomic E-state index is 13.6. The first kappa shape index (κ1) is 113. The predicted octanol–water partition coefficient (Wildman–Crippen LogP) is 11.0. The van der Waals surface area contributed by atoms with Crippen LogP contribution in [0.1, 0.15) is 278 Å². The van der Waals surface area contributed by atoms with E-state index >= 15 is 0 Å². The molecule has 0 aliphatic rings. The number of rotatable bonds is 79. The molecule has 0 saturated carbocycles. The van der Waals surface area contributed by atoms with Crippen molar-refractivity contribution in [1.29, 1.82) is 0 Å². The van der Waals surface area contributed by atoms with Gasteiger partial charge in [-0.1, -0.05) is 148 Å². The van der Waals surface area contributed by atoms with E-state index in [0.717, 1.165) is 156 Å². The van der Waals surface area contributed by atoms with Crippen LogP contribution in [0.4, 0.5) is 0 Å². The van der Waals surface area contributed by atoms with E-state index in [4.69, 9.17) is 55.9 Å². The first-order valence-corrected chi connectivity index (χ1v) is 46.7. The van der Waals surface area contributed by atoms with Crippen LogP contribution < -0.4 is 34.1 Å². The van der Waals surface area contributed by atoms with Gasteiger partial charge in [0, 0.05) is 147 Å². The Morgan fingerprint density at radius 3 is 0.624 bits per heavy atom. The van der Waals surface area contributed by atoms with E-state index in [1.165, 1.54) is 4.57 Å². The van der Waals surface area contributed by atoms with Gasteiger partial charge < -0.3 is 55.9 Å². The van der Waals surface area contributed by atoms with Crippen molar-refractivity contribution in [3.05, 3.63) is 126 Å². The number of ketones is 2. The number of esters is 9. The van der Waals surface area contributed by atoms with Gasteiger partial charge >= 0.3 is 96.7 Å². The number of carbonyl (C=O) groups excluding carboxylic acids is 11. The van der Waals surface area contributed by atoms with Crippen molar-refractivity contribution in [2.75, 3.05) is 79.3 Å². The Morgan fingerprint density at radius 1 is 0.232 bits per heavy atom. The average Bonchev–Trinajstić information content (AvgIpc) is 0.790. The molecule has 0 amide bonds. The summed E-state index contributed by atoms with van der Waals surface area (Å²) in [5.41, 5.74) is -3.82. The van der Waals surface area contributed by atoms with Crippen molar-refractivity contribution in [3.63, 3.8) is 0 Å². The van der Waals surface area contributed by atoms with Crippen LogP contribution in [0.2, 0.25) is 6.04 Å². The molecular formula is C89H142N6O29Si. The van der Waals surface area contributed by atoms with E-state index in [1.807, 2.05) is 20.8 Å². The van der Waals surface area contributed by atoms with Crippen LogP contribution in [0, 0.1) is 0 Å². The number of nitrogens with zero attached hydrogens (tertiary/aromatic N) is 6. The van der Waals surface area contributed by atoms with Crippen LogP contribution in [-0.4, -0.2) is 181 Å². The molecule has 0 aliphatic carbocycles. The number of aromatic nitrogens is 6. The third-order valence-corrected chi connectivity index (χ3v) is 22.8. The third-order valence-electron chi connectivity index (χ3n) is 19.6.